The molecule has 0 bridgehead atoms. The van der Waals surface area contributed by atoms with Gasteiger partial charge in [0.1, 0.15) is 0 Å². The summed E-state index contributed by atoms with van der Waals surface area (Å²) in [7, 11) is 3.09. The number of hydrogen-bond acceptors (Lipinski definition) is 3. The van der Waals surface area contributed by atoms with Crippen molar-refractivity contribution < 1.29 is 18.0 Å². The molecule has 3 rings (SSSR count). The zero-order valence-corrected chi connectivity index (χ0v) is 15.1. The van der Waals surface area contributed by atoms with Crippen LogP contribution in [0.25, 0.3) is 0 Å². The van der Waals surface area contributed by atoms with Gasteiger partial charge in [-0.15, -0.1) is 0 Å². The number of carbonyl (C=O) groups excluding carboxylic acids is 1. The molecule has 1 amide bonds. The van der Waals surface area contributed by atoms with Crippen molar-refractivity contribution in [2.45, 2.75) is 25.2 Å². The molecule has 1 aromatic heterocycles. The van der Waals surface area contributed by atoms with Crippen LogP contribution in [0.15, 0.2) is 30.5 Å². The van der Waals surface area contributed by atoms with Crippen molar-refractivity contribution >= 4 is 23.2 Å². The monoisotopic (exact) mass is 386 g/mol. The second kappa shape index (κ2) is 6.92. The van der Waals surface area contributed by atoms with Crippen molar-refractivity contribution in [3.8, 4) is 0 Å². The van der Waals surface area contributed by atoms with E-state index < -0.39 is 17.9 Å². The average molecular weight is 387 g/mol. The van der Waals surface area contributed by atoms with Gasteiger partial charge in [0.15, 0.2) is 5.69 Å². The molecule has 0 N–H and O–H groups in total. The number of aryl methyl sites for hydroxylation is 1. The molecule has 5 nitrogen and oxygen atoms in total. The molecule has 1 aliphatic heterocycles. The molecular weight excluding hydrogens is 369 g/mol. The number of likely N-dealkylation sites (N-methyl/N-ethyl adjacent to an activating group) is 1. The smallest absolute Gasteiger partial charge is 0.311 e. The highest BCUT2D eigenvalue weighted by Crippen LogP contribution is 2.32. The van der Waals surface area contributed by atoms with Gasteiger partial charge in [-0.1, -0.05) is 17.7 Å². The Morgan fingerprint density at radius 1 is 1.38 bits per heavy atom. The standard InChI is InChI=1S/C17H18ClF3N4O/c1-23(9-11-10-24(2)22-15(11)17(19,20)21)14-6-7-25(16(14)26)13-5-3-4-12(18)8-13/h3-5,8,10,14H,6-7,9H2,1-2H3. The van der Waals surface area contributed by atoms with Crippen molar-refractivity contribution in [1.82, 2.24) is 14.7 Å². The minimum absolute atomic E-state index is 0.0114. The molecule has 1 atom stereocenters. The number of alkyl halides is 3. The molecule has 0 aliphatic carbocycles. The number of hydrogen-bond donors (Lipinski definition) is 0. The SMILES string of the molecule is CN(Cc1cn(C)nc1C(F)(F)F)C1CCN(c2cccc(Cl)c2)C1=O. The maximum Gasteiger partial charge on any atom is 0.435 e. The minimum atomic E-state index is -4.52. The number of rotatable bonds is 4. The lowest BCUT2D eigenvalue weighted by Crippen LogP contribution is -2.39. The maximum absolute atomic E-state index is 13.1. The van der Waals surface area contributed by atoms with Crippen molar-refractivity contribution in [3.05, 3.63) is 46.7 Å². The quantitative estimate of drug-likeness (QED) is 0.809. The fraction of sp³-hybridized carbons (Fsp3) is 0.412. The Morgan fingerprint density at radius 3 is 2.77 bits per heavy atom. The molecule has 1 saturated heterocycles. The highest BCUT2D eigenvalue weighted by Gasteiger charge is 2.39. The third-order valence-electron chi connectivity index (χ3n) is 4.42. The van der Waals surface area contributed by atoms with Crippen LogP contribution in [0.3, 0.4) is 0 Å². The summed E-state index contributed by atoms with van der Waals surface area (Å²) in [5.41, 5.74) is -0.170. The highest BCUT2D eigenvalue weighted by molar-refractivity contribution is 6.30. The van der Waals surface area contributed by atoms with Gasteiger partial charge >= 0.3 is 6.18 Å². The Bertz CT molecular complexity index is 821. The second-order valence-electron chi connectivity index (χ2n) is 6.36. The summed E-state index contributed by atoms with van der Waals surface area (Å²) in [5.74, 6) is -0.146. The fourth-order valence-electron chi connectivity index (χ4n) is 3.25. The number of nitrogens with zero attached hydrogens (tertiary/aromatic N) is 4. The van der Waals surface area contributed by atoms with E-state index in [1.165, 1.54) is 13.2 Å². The first-order valence-electron chi connectivity index (χ1n) is 8.03. The summed E-state index contributed by atoms with van der Waals surface area (Å²) < 4.78 is 40.5. The van der Waals surface area contributed by atoms with E-state index in [2.05, 4.69) is 5.10 Å². The van der Waals surface area contributed by atoms with Gasteiger partial charge in [0.05, 0.1) is 6.04 Å². The van der Waals surface area contributed by atoms with Crippen molar-refractivity contribution in [3.63, 3.8) is 0 Å². The summed E-state index contributed by atoms with van der Waals surface area (Å²) in [6.45, 7) is 0.482. The molecule has 2 heterocycles. The van der Waals surface area contributed by atoms with Gasteiger partial charge < -0.3 is 4.90 Å². The van der Waals surface area contributed by atoms with E-state index in [1.54, 1.807) is 41.1 Å². The molecule has 0 spiro atoms. The van der Waals surface area contributed by atoms with E-state index in [0.29, 0.717) is 23.7 Å². The average Bonchev–Trinajstić information content (AvgIpc) is 3.10. The van der Waals surface area contributed by atoms with Crippen LogP contribution in [0, 0.1) is 0 Å². The Balaban J connectivity index is 1.76. The van der Waals surface area contributed by atoms with E-state index in [4.69, 9.17) is 11.6 Å². The van der Waals surface area contributed by atoms with E-state index >= 15 is 0 Å². The molecule has 0 radical (unpaired) electrons. The van der Waals surface area contributed by atoms with Crippen LogP contribution < -0.4 is 4.90 Å². The lowest BCUT2D eigenvalue weighted by Gasteiger charge is -2.24. The lowest BCUT2D eigenvalue weighted by molar-refractivity contribution is -0.142. The zero-order chi connectivity index (χ0) is 19.1. The van der Waals surface area contributed by atoms with E-state index in [9.17, 15) is 18.0 Å². The molecule has 1 aromatic carbocycles. The predicted molar refractivity (Wildman–Crippen MR) is 91.9 cm³/mol. The summed E-state index contributed by atoms with van der Waals surface area (Å²) in [6, 6.07) is 6.47. The number of aromatic nitrogens is 2. The Kier molecular flexibility index (Phi) is 4.98. The molecule has 9 heteroatoms. The predicted octanol–water partition coefficient (Wildman–Crippen LogP) is 3.33. The normalized spacial score (nSPS) is 18.2. The van der Waals surface area contributed by atoms with Gasteiger partial charge in [-0.05, 0) is 31.7 Å². The molecular formula is C17H18ClF3N4O. The summed E-state index contributed by atoms with van der Waals surface area (Å²) in [6.07, 6.45) is -2.65. The first-order valence-corrected chi connectivity index (χ1v) is 8.41. The first kappa shape index (κ1) is 18.7. The van der Waals surface area contributed by atoms with Gasteiger partial charge in [0, 0.05) is 42.6 Å². The maximum atomic E-state index is 13.1. The molecule has 1 aliphatic rings. The largest absolute Gasteiger partial charge is 0.435 e. The summed E-state index contributed by atoms with van der Waals surface area (Å²) in [5, 5.41) is 4.03. The van der Waals surface area contributed by atoms with E-state index in [-0.39, 0.29) is 18.0 Å². The lowest BCUT2D eigenvalue weighted by atomic mass is 10.1. The van der Waals surface area contributed by atoms with Crippen LogP contribution in [0.2, 0.25) is 5.02 Å². The van der Waals surface area contributed by atoms with E-state index in [0.717, 1.165) is 4.68 Å². The number of benzene rings is 1. The first-order chi connectivity index (χ1) is 12.2. The molecule has 1 unspecified atom stereocenters. The molecule has 26 heavy (non-hydrogen) atoms. The van der Waals surface area contributed by atoms with Crippen molar-refractivity contribution in [1.29, 1.82) is 0 Å². The number of amides is 1. The number of carbonyl (C=O) groups is 1. The van der Waals surface area contributed by atoms with Gasteiger partial charge in [-0.3, -0.25) is 14.4 Å². The van der Waals surface area contributed by atoms with E-state index in [1.807, 2.05) is 0 Å². The number of anilines is 1. The van der Waals surface area contributed by atoms with Gasteiger partial charge in [0.2, 0.25) is 5.91 Å². The molecule has 0 saturated carbocycles. The van der Waals surface area contributed by atoms with Crippen LogP contribution in [-0.4, -0.2) is 40.2 Å². The molecule has 2 aromatic rings. The third kappa shape index (κ3) is 3.71. The minimum Gasteiger partial charge on any atom is -0.311 e. The number of halogens is 4. The van der Waals surface area contributed by atoms with Crippen LogP contribution in [0.4, 0.5) is 18.9 Å². The third-order valence-corrected chi connectivity index (χ3v) is 4.66. The Hall–Kier alpha value is -2.06. The second-order valence-corrected chi connectivity index (χ2v) is 6.80. The zero-order valence-electron chi connectivity index (χ0n) is 14.3. The fourth-order valence-corrected chi connectivity index (χ4v) is 3.43. The Labute approximate surface area is 153 Å². The summed E-state index contributed by atoms with van der Waals surface area (Å²) in [4.78, 5) is 16.0. The van der Waals surface area contributed by atoms with Crippen LogP contribution in [0.1, 0.15) is 17.7 Å². The molecule has 140 valence electrons. The molecule has 1 fully saturated rings. The van der Waals surface area contributed by atoms with Gasteiger partial charge in [-0.25, -0.2) is 0 Å². The topological polar surface area (TPSA) is 41.4 Å². The van der Waals surface area contributed by atoms with Crippen LogP contribution in [0.5, 0.6) is 0 Å². The Morgan fingerprint density at radius 2 is 2.12 bits per heavy atom. The van der Waals surface area contributed by atoms with Gasteiger partial charge in [0.25, 0.3) is 0 Å². The highest BCUT2D eigenvalue weighted by atomic mass is 35.5. The van der Waals surface area contributed by atoms with Gasteiger partial charge in [-0.2, -0.15) is 18.3 Å². The van der Waals surface area contributed by atoms with Crippen LogP contribution in [-0.2, 0) is 24.6 Å². The van der Waals surface area contributed by atoms with Crippen molar-refractivity contribution in [2.24, 2.45) is 7.05 Å². The van der Waals surface area contributed by atoms with Crippen molar-refractivity contribution in [2.75, 3.05) is 18.5 Å². The summed E-state index contributed by atoms with van der Waals surface area (Å²) >= 11 is 5.98. The van der Waals surface area contributed by atoms with Crippen LogP contribution >= 0.6 is 11.6 Å².